The molecule has 0 aliphatic rings. The van der Waals surface area contributed by atoms with E-state index in [0.717, 1.165) is 11.1 Å². The maximum absolute atomic E-state index is 13.0. The van der Waals surface area contributed by atoms with Crippen LogP contribution < -0.4 is 4.74 Å². The van der Waals surface area contributed by atoms with E-state index in [1.807, 2.05) is 26.0 Å². The maximum Gasteiger partial charge on any atom is 0.344 e. The van der Waals surface area contributed by atoms with Crippen LogP contribution in [0, 0.1) is 19.7 Å². The molecule has 6 nitrogen and oxygen atoms in total. The molecule has 0 radical (unpaired) electrons. The molecule has 7 heteroatoms. The molecule has 1 aromatic heterocycles. The predicted octanol–water partition coefficient (Wildman–Crippen LogP) is 4.18. The van der Waals surface area contributed by atoms with Gasteiger partial charge in [-0.05, 0) is 68.3 Å². The Labute approximate surface area is 155 Å². The van der Waals surface area contributed by atoms with Crippen LogP contribution in [0.2, 0.25) is 0 Å². The first-order valence-corrected chi connectivity index (χ1v) is 8.41. The van der Waals surface area contributed by atoms with Gasteiger partial charge in [-0.25, -0.2) is 9.18 Å². The van der Waals surface area contributed by atoms with Gasteiger partial charge in [0.1, 0.15) is 11.6 Å². The van der Waals surface area contributed by atoms with E-state index in [4.69, 9.17) is 13.9 Å². The summed E-state index contributed by atoms with van der Waals surface area (Å²) < 4.78 is 29.2. The third kappa shape index (κ3) is 4.69. The number of ether oxygens (including phenoxy) is 2. The van der Waals surface area contributed by atoms with E-state index in [-0.39, 0.29) is 24.2 Å². The van der Waals surface area contributed by atoms with Gasteiger partial charge in [0, 0.05) is 5.56 Å². The van der Waals surface area contributed by atoms with Gasteiger partial charge in [0.25, 0.3) is 5.89 Å². The predicted molar refractivity (Wildman–Crippen MR) is 95.6 cm³/mol. The van der Waals surface area contributed by atoms with Crippen LogP contribution in [-0.4, -0.2) is 22.8 Å². The van der Waals surface area contributed by atoms with Gasteiger partial charge in [0.15, 0.2) is 12.7 Å². The van der Waals surface area contributed by atoms with Crippen LogP contribution in [0.5, 0.6) is 5.75 Å². The van der Waals surface area contributed by atoms with Crippen molar-refractivity contribution >= 4 is 5.97 Å². The Bertz CT molecular complexity index is 937. The van der Waals surface area contributed by atoms with Crippen LogP contribution >= 0.6 is 0 Å². The molecule has 0 aliphatic heterocycles. The minimum absolute atomic E-state index is 0.147. The Balaban J connectivity index is 1.56. The lowest BCUT2D eigenvalue weighted by Crippen LogP contribution is -2.17. The van der Waals surface area contributed by atoms with E-state index < -0.39 is 12.1 Å². The van der Waals surface area contributed by atoms with Crippen molar-refractivity contribution in [1.29, 1.82) is 0 Å². The number of rotatable bonds is 6. The Hall–Kier alpha value is -3.22. The second-order valence-electron chi connectivity index (χ2n) is 6.12. The minimum atomic E-state index is -0.734. The van der Waals surface area contributed by atoms with Crippen molar-refractivity contribution in [2.24, 2.45) is 0 Å². The highest BCUT2D eigenvalue weighted by Crippen LogP contribution is 2.23. The van der Waals surface area contributed by atoms with E-state index in [2.05, 4.69) is 10.2 Å². The van der Waals surface area contributed by atoms with Crippen LogP contribution in [0.3, 0.4) is 0 Å². The van der Waals surface area contributed by atoms with Gasteiger partial charge in [-0.1, -0.05) is 6.07 Å². The third-order valence-corrected chi connectivity index (χ3v) is 4.02. The van der Waals surface area contributed by atoms with E-state index in [1.54, 1.807) is 13.0 Å². The molecule has 3 rings (SSSR count). The largest absolute Gasteiger partial charge is 0.482 e. The first-order valence-electron chi connectivity index (χ1n) is 8.41. The van der Waals surface area contributed by atoms with Gasteiger partial charge in [-0.15, -0.1) is 10.2 Å². The molecular weight excluding hydrogens is 351 g/mol. The minimum Gasteiger partial charge on any atom is -0.482 e. The fraction of sp³-hybridized carbons (Fsp3) is 0.250. The van der Waals surface area contributed by atoms with Gasteiger partial charge in [-0.3, -0.25) is 0 Å². The summed E-state index contributed by atoms with van der Waals surface area (Å²) >= 11 is 0. The highest BCUT2D eigenvalue weighted by molar-refractivity contribution is 5.71. The lowest BCUT2D eigenvalue weighted by atomic mass is 10.1. The van der Waals surface area contributed by atoms with Crippen LogP contribution in [0.25, 0.3) is 11.5 Å². The number of esters is 1. The van der Waals surface area contributed by atoms with Crippen LogP contribution in [-0.2, 0) is 9.53 Å². The summed E-state index contributed by atoms with van der Waals surface area (Å²) in [6.45, 7) is 5.36. The summed E-state index contributed by atoms with van der Waals surface area (Å²) in [5.41, 5.74) is 2.80. The molecule has 0 N–H and O–H groups in total. The molecule has 1 heterocycles. The van der Waals surface area contributed by atoms with Crippen molar-refractivity contribution in [3.8, 4) is 17.2 Å². The van der Waals surface area contributed by atoms with Gasteiger partial charge < -0.3 is 13.9 Å². The van der Waals surface area contributed by atoms with E-state index in [9.17, 15) is 9.18 Å². The monoisotopic (exact) mass is 370 g/mol. The SMILES string of the molecule is Cc1ccc(OCC(=O)O[C@H](C)c2nnc(-c3ccc(F)cc3)o2)cc1C. The summed E-state index contributed by atoms with van der Waals surface area (Å²) in [5.74, 6) is 0.0547. The summed E-state index contributed by atoms with van der Waals surface area (Å²) in [7, 11) is 0. The third-order valence-electron chi connectivity index (χ3n) is 4.02. The number of benzene rings is 2. The number of carbonyl (C=O) groups excluding carboxylic acids is 1. The molecule has 0 spiro atoms. The molecule has 1 atom stereocenters. The Kier molecular flexibility index (Phi) is 5.49. The molecule has 3 aromatic rings. The van der Waals surface area contributed by atoms with Gasteiger partial charge >= 0.3 is 5.97 Å². The zero-order valence-corrected chi connectivity index (χ0v) is 15.2. The smallest absolute Gasteiger partial charge is 0.344 e. The van der Waals surface area contributed by atoms with Crippen molar-refractivity contribution in [1.82, 2.24) is 10.2 Å². The van der Waals surface area contributed by atoms with Crippen LogP contribution in [0.4, 0.5) is 4.39 Å². The van der Waals surface area contributed by atoms with E-state index in [1.165, 1.54) is 24.3 Å². The number of hydrogen-bond donors (Lipinski definition) is 0. The Morgan fingerprint density at radius 2 is 1.85 bits per heavy atom. The number of nitrogens with zero attached hydrogens (tertiary/aromatic N) is 2. The maximum atomic E-state index is 13.0. The van der Waals surface area contributed by atoms with Crippen molar-refractivity contribution in [2.45, 2.75) is 26.9 Å². The summed E-state index contributed by atoms with van der Waals surface area (Å²) in [4.78, 5) is 12.0. The lowest BCUT2D eigenvalue weighted by Gasteiger charge is -2.11. The van der Waals surface area contributed by atoms with Crippen molar-refractivity contribution in [3.05, 3.63) is 65.3 Å². The van der Waals surface area contributed by atoms with Gasteiger partial charge in [-0.2, -0.15) is 0 Å². The zero-order valence-electron chi connectivity index (χ0n) is 15.2. The number of carbonyl (C=O) groups is 1. The first kappa shape index (κ1) is 18.6. The van der Waals surface area contributed by atoms with Gasteiger partial charge in [0.2, 0.25) is 5.89 Å². The zero-order chi connectivity index (χ0) is 19.4. The molecule has 0 amide bonds. The molecule has 140 valence electrons. The second-order valence-corrected chi connectivity index (χ2v) is 6.12. The quantitative estimate of drug-likeness (QED) is 0.606. The number of aromatic nitrogens is 2. The van der Waals surface area contributed by atoms with Gasteiger partial charge in [0.05, 0.1) is 0 Å². The second kappa shape index (κ2) is 7.99. The molecule has 2 aromatic carbocycles. The summed E-state index contributed by atoms with van der Waals surface area (Å²) in [6.07, 6.45) is -0.734. The van der Waals surface area contributed by atoms with Crippen LogP contribution in [0.15, 0.2) is 46.9 Å². The molecular formula is C20H19FN2O4. The highest BCUT2D eigenvalue weighted by Gasteiger charge is 2.19. The lowest BCUT2D eigenvalue weighted by molar-refractivity contribution is -0.152. The standard InChI is InChI=1S/C20H19FN2O4/c1-12-4-9-17(10-13(12)2)25-11-18(24)26-14(3)19-22-23-20(27-19)15-5-7-16(21)8-6-15/h4-10,14H,11H2,1-3H3/t14-/m1/s1. The molecule has 0 saturated heterocycles. The summed E-state index contributed by atoms with van der Waals surface area (Å²) in [5, 5.41) is 7.77. The van der Waals surface area contributed by atoms with Crippen LogP contribution in [0.1, 0.15) is 30.0 Å². The Morgan fingerprint density at radius 3 is 2.56 bits per heavy atom. The highest BCUT2D eigenvalue weighted by atomic mass is 19.1. The number of hydrogen-bond acceptors (Lipinski definition) is 6. The average Bonchev–Trinajstić information content (AvgIpc) is 3.13. The Morgan fingerprint density at radius 1 is 1.11 bits per heavy atom. The van der Waals surface area contributed by atoms with E-state index in [0.29, 0.717) is 11.3 Å². The van der Waals surface area contributed by atoms with Crippen molar-refractivity contribution < 1.29 is 23.1 Å². The molecule has 0 unspecified atom stereocenters. The molecule has 0 aliphatic carbocycles. The normalized spacial score (nSPS) is 11.9. The molecule has 0 bridgehead atoms. The van der Waals surface area contributed by atoms with E-state index >= 15 is 0 Å². The number of halogens is 1. The fourth-order valence-corrected chi connectivity index (χ4v) is 2.34. The first-order chi connectivity index (χ1) is 12.9. The van der Waals surface area contributed by atoms with Crippen molar-refractivity contribution in [2.75, 3.05) is 6.61 Å². The molecule has 0 saturated carbocycles. The molecule has 27 heavy (non-hydrogen) atoms. The average molecular weight is 370 g/mol. The topological polar surface area (TPSA) is 74.5 Å². The summed E-state index contributed by atoms with van der Waals surface area (Å²) in [6, 6.07) is 11.2. The molecule has 0 fully saturated rings. The fourth-order valence-electron chi connectivity index (χ4n) is 2.34. The number of aryl methyl sites for hydroxylation is 2. The van der Waals surface area contributed by atoms with Crippen molar-refractivity contribution in [3.63, 3.8) is 0 Å².